The van der Waals surface area contributed by atoms with E-state index in [2.05, 4.69) is 9.72 Å². The van der Waals surface area contributed by atoms with Gasteiger partial charge in [-0.2, -0.15) is 0 Å². The van der Waals surface area contributed by atoms with Crippen molar-refractivity contribution in [2.45, 2.75) is 0 Å². The van der Waals surface area contributed by atoms with Crippen LogP contribution < -0.4 is 5.56 Å². The van der Waals surface area contributed by atoms with Gasteiger partial charge in [0.25, 0.3) is 5.56 Å². The molecular formula is C9H7NO4S. The first-order chi connectivity index (χ1) is 7.15. The Labute approximate surface area is 87.9 Å². The summed E-state index contributed by atoms with van der Waals surface area (Å²) in [6.07, 6.45) is 0. The number of fused-ring (bicyclic) bond motifs is 1. The van der Waals surface area contributed by atoms with Crippen molar-refractivity contribution < 1.29 is 14.6 Å². The number of H-pyrrole nitrogens is 1. The van der Waals surface area contributed by atoms with Crippen LogP contribution in [-0.2, 0) is 4.74 Å². The standard InChI is InChI=1S/C9H7NO4S/c1-14-9(13)5-6(11)7-4(2-3-15-7)10-8(5)12/h2-3H,1H3,(H2,10,11,12). The second-order valence-corrected chi connectivity index (χ2v) is 3.75. The van der Waals surface area contributed by atoms with E-state index in [0.29, 0.717) is 10.2 Å². The minimum Gasteiger partial charge on any atom is -0.505 e. The van der Waals surface area contributed by atoms with Gasteiger partial charge in [0.15, 0.2) is 11.3 Å². The monoisotopic (exact) mass is 225 g/mol. The van der Waals surface area contributed by atoms with Crippen molar-refractivity contribution in [2.75, 3.05) is 7.11 Å². The molecule has 0 atom stereocenters. The molecule has 0 bridgehead atoms. The predicted octanol–water partition coefficient (Wildman–Crippen LogP) is 1.08. The molecule has 0 amide bonds. The third-order valence-electron chi connectivity index (χ3n) is 1.98. The van der Waals surface area contributed by atoms with Gasteiger partial charge in [-0.05, 0) is 11.4 Å². The summed E-state index contributed by atoms with van der Waals surface area (Å²) in [5.74, 6) is -1.17. The molecule has 0 aliphatic carbocycles. The van der Waals surface area contributed by atoms with E-state index in [1.165, 1.54) is 11.3 Å². The summed E-state index contributed by atoms with van der Waals surface area (Å²) in [6.45, 7) is 0. The number of methoxy groups -OCH3 is 1. The molecule has 0 unspecified atom stereocenters. The molecule has 0 radical (unpaired) electrons. The maximum atomic E-state index is 11.4. The zero-order chi connectivity index (χ0) is 11.0. The number of carbonyl (C=O) groups is 1. The number of hydrogen-bond donors (Lipinski definition) is 2. The van der Waals surface area contributed by atoms with Crippen LogP contribution in [0.2, 0.25) is 0 Å². The van der Waals surface area contributed by atoms with Crippen LogP contribution in [0.15, 0.2) is 16.2 Å². The van der Waals surface area contributed by atoms with Gasteiger partial charge in [-0.1, -0.05) is 0 Å². The molecule has 5 nitrogen and oxygen atoms in total. The topological polar surface area (TPSA) is 79.4 Å². The van der Waals surface area contributed by atoms with E-state index in [-0.39, 0.29) is 11.3 Å². The lowest BCUT2D eigenvalue weighted by Gasteiger charge is -2.01. The van der Waals surface area contributed by atoms with Crippen molar-refractivity contribution in [1.29, 1.82) is 0 Å². The third kappa shape index (κ3) is 1.39. The quantitative estimate of drug-likeness (QED) is 0.712. The summed E-state index contributed by atoms with van der Waals surface area (Å²) in [5, 5.41) is 11.4. The van der Waals surface area contributed by atoms with E-state index < -0.39 is 11.5 Å². The Hall–Kier alpha value is -1.82. The summed E-state index contributed by atoms with van der Waals surface area (Å²) >= 11 is 1.24. The average Bonchev–Trinajstić information content (AvgIpc) is 2.65. The molecule has 2 N–H and O–H groups in total. The second-order valence-electron chi connectivity index (χ2n) is 2.83. The first kappa shape index (κ1) is 9.72. The first-order valence-electron chi connectivity index (χ1n) is 4.06. The van der Waals surface area contributed by atoms with Crippen LogP contribution in [0.5, 0.6) is 5.75 Å². The molecule has 2 aromatic rings. The molecule has 78 valence electrons. The van der Waals surface area contributed by atoms with Gasteiger partial charge in [-0.15, -0.1) is 11.3 Å². The van der Waals surface area contributed by atoms with Crippen LogP contribution in [0, 0.1) is 0 Å². The van der Waals surface area contributed by atoms with Crippen LogP contribution in [-0.4, -0.2) is 23.2 Å². The highest BCUT2D eigenvalue weighted by molar-refractivity contribution is 7.17. The number of nitrogens with one attached hydrogen (secondary N) is 1. The van der Waals surface area contributed by atoms with Crippen molar-refractivity contribution in [3.05, 3.63) is 27.4 Å². The first-order valence-corrected chi connectivity index (χ1v) is 4.94. The largest absolute Gasteiger partial charge is 0.505 e. The fourth-order valence-corrected chi connectivity index (χ4v) is 2.09. The smallest absolute Gasteiger partial charge is 0.347 e. The molecule has 2 heterocycles. The maximum Gasteiger partial charge on any atom is 0.347 e. The van der Waals surface area contributed by atoms with Crippen LogP contribution in [0.25, 0.3) is 10.2 Å². The number of pyridine rings is 1. The summed E-state index contributed by atoms with van der Waals surface area (Å²) in [6, 6.07) is 1.65. The normalized spacial score (nSPS) is 10.5. The van der Waals surface area contributed by atoms with E-state index in [9.17, 15) is 14.7 Å². The maximum absolute atomic E-state index is 11.4. The molecule has 0 saturated carbocycles. The van der Waals surface area contributed by atoms with Gasteiger partial charge in [0.05, 0.1) is 17.3 Å². The molecule has 0 aromatic carbocycles. The van der Waals surface area contributed by atoms with E-state index in [0.717, 1.165) is 7.11 Å². The molecule has 0 spiro atoms. The summed E-state index contributed by atoms with van der Waals surface area (Å²) in [4.78, 5) is 25.2. The minimum atomic E-state index is -0.843. The molecule has 2 aromatic heterocycles. The number of rotatable bonds is 1. The predicted molar refractivity (Wildman–Crippen MR) is 55.5 cm³/mol. The van der Waals surface area contributed by atoms with Crippen LogP contribution in [0.4, 0.5) is 0 Å². The van der Waals surface area contributed by atoms with Gasteiger partial charge >= 0.3 is 5.97 Å². The molecule has 0 saturated heterocycles. The van der Waals surface area contributed by atoms with Gasteiger partial charge in [0.2, 0.25) is 0 Å². The fraction of sp³-hybridized carbons (Fsp3) is 0.111. The van der Waals surface area contributed by atoms with Gasteiger partial charge in [0.1, 0.15) is 0 Å². The van der Waals surface area contributed by atoms with Crippen LogP contribution in [0.3, 0.4) is 0 Å². The highest BCUT2D eigenvalue weighted by atomic mass is 32.1. The SMILES string of the molecule is COC(=O)c1c(O)c2sccc2[nH]c1=O. The Morgan fingerprint density at radius 2 is 2.33 bits per heavy atom. The molecule has 15 heavy (non-hydrogen) atoms. The number of aromatic hydroxyl groups is 1. The molecule has 0 aliphatic rings. The van der Waals surface area contributed by atoms with Gasteiger partial charge in [-0.3, -0.25) is 4.79 Å². The number of aromatic amines is 1. The van der Waals surface area contributed by atoms with E-state index in [1.54, 1.807) is 11.4 Å². The zero-order valence-corrected chi connectivity index (χ0v) is 8.55. The zero-order valence-electron chi connectivity index (χ0n) is 7.73. The van der Waals surface area contributed by atoms with Crippen molar-refractivity contribution in [3.8, 4) is 5.75 Å². The molecule has 0 fully saturated rings. The Bertz CT molecular complexity index is 583. The summed E-state index contributed by atoms with van der Waals surface area (Å²) < 4.78 is 4.88. The molecule has 2 rings (SSSR count). The highest BCUT2D eigenvalue weighted by Gasteiger charge is 2.19. The molecular weight excluding hydrogens is 218 g/mol. The van der Waals surface area contributed by atoms with E-state index in [4.69, 9.17) is 0 Å². The van der Waals surface area contributed by atoms with E-state index in [1.807, 2.05) is 0 Å². The highest BCUT2D eigenvalue weighted by Crippen LogP contribution is 2.29. The number of aromatic nitrogens is 1. The summed E-state index contributed by atoms with van der Waals surface area (Å²) in [5.41, 5.74) is -0.493. The Kier molecular flexibility index (Phi) is 2.20. The average molecular weight is 225 g/mol. The number of esters is 1. The number of hydrogen-bond acceptors (Lipinski definition) is 5. The minimum absolute atomic E-state index is 0.324. The van der Waals surface area contributed by atoms with Gasteiger partial charge < -0.3 is 14.8 Å². The molecule has 0 aliphatic heterocycles. The second kappa shape index (κ2) is 3.39. The lowest BCUT2D eigenvalue weighted by Crippen LogP contribution is -2.18. The van der Waals surface area contributed by atoms with Gasteiger partial charge in [-0.25, -0.2) is 4.79 Å². The van der Waals surface area contributed by atoms with Crippen LogP contribution >= 0.6 is 11.3 Å². The van der Waals surface area contributed by atoms with Crippen molar-refractivity contribution in [1.82, 2.24) is 4.98 Å². The number of ether oxygens (including phenoxy) is 1. The number of carbonyl (C=O) groups excluding carboxylic acids is 1. The number of thiophene rings is 1. The van der Waals surface area contributed by atoms with Gasteiger partial charge in [0, 0.05) is 0 Å². The van der Waals surface area contributed by atoms with E-state index >= 15 is 0 Å². The Morgan fingerprint density at radius 1 is 1.60 bits per heavy atom. The van der Waals surface area contributed by atoms with Crippen molar-refractivity contribution >= 4 is 27.5 Å². The third-order valence-corrected chi connectivity index (χ3v) is 2.90. The molecule has 6 heteroatoms. The fourth-order valence-electron chi connectivity index (χ4n) is 1.29. The Balaban J connectivity index is 2.84. The summed E-state index contributed by atoms with van der Waals surface area (Å²) in [7, 11) is 1.15. The van der Waals surface area contributed by atoms with Crippen molar-refractivity contribution in [3.63, 3.8) is 0 Å². The Morgan fingerprint density at radius 3 is 3.00 bits per heavy atom. The van der Waals surface area contributed by atoms with Crippen molar-refractivity contribution in [2.24, 2.45) is 0 Å². The lowest BCUT2D eigenvalue weighted by molar-refractivity contribution is 0.0595. The van der Waals surface area contributed by atoms with Crippen LogP contribution in [0.1, 0.15) is 10.4 Å². The lowest BCUT2D eigenvalue weighted by atomic mass is 10.2.